The van der Waals surface area contributed by atoms with Crippen LogP contribution in [0, 0.1) is 0 Å². The number of carbonyl (C=O) groups is 3. The molecule has 23 heavy (non-hydrogen) atoms. The third kappa shape index (κ3) is 1.97. The van der Waals surface area contributed by atoms with Gasteiger partial charge >= 0.3 is 0 Å². The van der Waals surface area contributed by atoms with Gasteiger partial charge < -0.3 is 14.4 Å². The van der Waals surface area contributed by atoms with Crippen LogP contribution < -0.4 is 5.32 Å². The zero-order chi connectivity index (χ0) is 16.1. The smallest absolute Gasteiger partial charge is 0.255 e. The fourth-order valence-electron chi connectivity index (χ4n) is 3.36. The van der Waals surface area contributed by atoms with E-state index in [1.54, 1.807) is 12.1 Å². The fraction of sp³-hybridized carbons (Fsp3) is 0.312. The number of hydrogen-bond donors (Lipinski definition) is 2. The van der Waals surface area contributed by atoms with Crippen LogP contribution in [0.15, 0.2) is 22.8 Å². The molecule has 1 aromatic carbocycles. The second-order valence-corrected chi connectivity index (χ2v) is 5.78. The molecule has 2 aliphatic rings. The van der Waals surface area contributed by atoms with Crippen LogP contribution in [-0.4, -0.2) is 33.8 Å². The number of hydrogen-bond acceptors (Lipinski definition) is 5. The van der Waals surface area contributed by atoms with Gasteiger partial charge in [-0.05, 0) is 24.1 Å². The van der Waals surface area contributed by atoms with Crippen molar-refractivity contribution >= 4 is 28.7 Å². The lowest BCUT2D eigenvalue weighted by Crippen LogP contribution is -2.52. The first-order valence-corrected chi connectivity index (χ1v) is 7.37. The van der Waals surface area contributed by atoms with Crippen LogP contribution in [0.3, 0.4) is 0 Å². The predicted molar refractivity (Wildman–Crippen MR) is 78.2 cm³/mol. The quantitative estimate of drug-likeness (QED) is 0.794. The normalized spacial score (nSPS) is 21.0. The summed E-state index contributed by atoms with van der Waals surface area (Å²) >= 11 is 0. The van der Waals surface area contributed by atoms with E-state index in [4.69, 9.17) is 4.42 Å². The topological polar surface area (TPSA) is 99.8 Å². The molecule has 2 aromatic rings. The summed E-state index contributed by atoms with van der Waals surface area (Å²) in [6.07, 6.45) is 2.05. The average Bonchev–Trinajstić information content (AvgIpc) is 3.12. The van der Waals surface area contributed by atoms with Gasteiger partial charge in [0.1, 0.15) is 11.6 Å². The number of benzene rings is 1. The Labute approximate surface area is 130 Å². The zero-order valence-corrected chi connectivity index (χ0v) is 12.2. The number of carbonyl (C=O) groups excluding carboxylic acids is 3. The Kier molecular flexibility index (Phi) is 2.99. The SMILES string of the molecule is O=C1CCC(N2Cc3c(cc(CO)c4ccoc34)C2=O)C(=O)N1. The highest BCUT2D eigenvalue weighted by molar-refractivity contribution is 6.07. The standard InChI is InChI=1S/C16H14N2O5/c19-7-8-5-10-11(14-9(8)3-4-23-14)6-18(16(10)22)12-1-2-13(20)17-15(12)21/h3-5,12,19H,1-2,6-7H2,(H,17,20,21). The molecule has 3 amide bonds. The van der Waals surface area contributed by atoms with Crippen molar-refractivity contribution in [2.45, 2.75) is 32.0 Å². The average molecular weight is 314 g/mol. The highest BCUT2D eigenvalue weighted by Crippen LogP contribution is 2.35. The number of piperidine rings is 1. The summed E-state index contributed by atoms with van der Waals surface area (Å²) in [5.41, 5.74) is 2.35. The van der Waals surface area contributed by atoms with E-state index in [9.17, 15) is 19.5 Å². The molecule has 4 rings (SSSR count). The minimum absolute atomic E-state index is 0.199. The molecule has 7 nitrogen and oxygen atoms in total. The van der Waals surface area contributed by atoms with Crippen LogP contribution in [0.2, 0.25) is 0 Å². The first kappa shape index (κ1) is 14.0. The van der Waals surface area contributed by atoms with Crippen molar-refractivity contribution in [3.05, 3.63) is 35.1 Å². The van der Waals surface area contributed by atoms with Gasteiger partial charge in [-0.3, -0.25) is 19.7 Å². The van der Waals surface area contributed by atoms with Crippen molar-refractivity contribution in [2.75, 3.05) is 0 Å². The number of fused-ring (bicyclic) bond motifs is 3. The maximum Gasteiger partial charge on any atom is 0.255 e. The summed E-state index contributed by atoms with van der Waals surface area (Å²) in [5.74, 6) is -1.03. The molecular weight excluding hydrogens is 300 g/mol. The lowest BCUT2D eigenvalue weighted by molar-refractivity contribution is -0.136. The van der Waals surface area contributed by atoms with Crippen LogP contribution in [0.4, 0.5) is 0 Å². The minimum Gasteiger partial charge on any atom is -0.464 e. The molecule has 1 atom stereocenters. The van der Waals surface area contributed by atoms with E-state index in [1.165, 1.54) is 11.2 Å². The molecule has 7 heteroatoms. The summed E-state index contributed by atoms with van der Waals surface area (Å²) in [6, 6.07) is 2.75. The van der Waals surface area contributed by atoms with Gasteiger partial charge in [-0.25, -0.2) is 0 Å². The Bertz CT molecular complexity index is 854. The van der Waals surface area contributed by atoms with Crippen LogP contribution in [0.5, 0.6) is 0 Å². The van der Waals surface area contributed by atoms with Gasteiger partial charge in [0, 0.05) is 22.9 Å². The molecule has 1 fully saturated rings. The number of furan rings is 1. The van der Waals surface area contributed by atoms with Crippen LogP contribution in [0.25, 0.3) is 11.0 Å². The second-order valence-electron chi connectivity index (χ2n) is 5.78. The summed E-state index contributed by atoms with van der Waals surface area (Å²) in [7, 11) is 0. The van der Waals surface area contributed by atoms with Crippen molar-refractivity contribution in [3.63, 3.8) is 0 Å². The van der Waals surface area contributed by atoms with Crippen LogP contribution in [-0.2, 0) is 22.7 Å². The highest BCUT2D eigenvalue weighted by atomic mass is 16.3. The molecule has 1 saturated heterocycles. The zero-order valence-electron chi connectivity index (χ0n) is 12.2. The molecule has 3 heterocycles. The molecule has 0 aliphatic carbocycles. The molecule has 1 unspecified atom stereocenters. The third-order valence-electron chi connectivity index (χ3n) is 4.51. The summed E-state index contributed by atoms with van der Waals surface area (Å²) in [5, 5.41) is 12.5. The lowest BCUT2D eigenvalue weighted by atomic mass is 10.0. The summed E-state index contributed by atoms with van der Waals surface area (Å²) < 4.78 is 5.49. The predicted octanol–water partition coefficient (Wildman–Crippen LogP) is 0.686. The summed E-state index contributed by atoms with van der Waals surface area (Å²) in [4.78, 5) is 37.5. The summed E-state index contributed by atoms with van der Waals surface area (Å²) in [6.45, 7) is 0.0607. The van der Waals surface area contributed by atoms with E-state index >= 15 is 0 Å². The number of aliphatic hydroxyl groups excluding tert-OH is 1. The molecule has 0 spiro atoms. The Morgan fingerprint density at radius 2 is 2.17 bits per heavy atom. The van der Waals surface area contributed by atoms with E-state index in [1.807, 2.05) is 0 Å². The Morgan fingerprint density at radius 3 is 2.91 bits per heavy atom. The van der Waals surface area contributed by atoms with Crippen molar-refractivity contribution in [1.82, 2.24) is 10.2 Å². The molecule has 2 N–H and O–H groups in total. The van der Waals surface area contributed by atoms with Gasteiger partial charge in [0.15, 0.2) is 0 Å². The van der Waals surface area contributed by atoms with Gasteiger partial charge in [0.2, 0.25) is 11.8 Å². The molecule has 2 aliphatic heterocycles. The van der Waals surface area contributed by atoms with Crippen molar-refractivity contribution in [2.24, 2.45) is 0 Å². The second kappa shape index (κ2) is 4.92. The number of amides is 3. The van der Waals surface area contributed by atoms with E-state index in [0.717, 1.165) is 10.9 Å². The molecule has 0 saturated carbocycles. The first-order valence-electron chi connectivity index (χ1n) is 7.37. The number of nitrogens with one attached hydrogen (secondary N) is 1. The largest absolute Gasteiger partial charge is 0.464 e. The molecule has 0 bridgehead atoms. The molecule has 118 valence electrons. The Morgan fingerprint density at radius 1 is 1.35 bits per heavy atom. The van der Waals surface area contributed by atoms with Crippen molar-refractivity contribution in [1.29, 1.82) is 0 Å². The van der Waals surface area contributed by atoms with E-state index in [2.05, 4.69) is 5.32 Å². The van der Waals surface area contributed by atoms with Crippen LogP contribution in [0.1, 0.15) is 34.3 Å². The van der Waals surface area contributed by atoms with E-state index in [0.29, 0.717) is 23.1 Å². The van der Waals surface area contributed by atoms with Crippen molar-refractivity contribution in [3.8, 4) is 0 Å². The van der Waals surface area contributed by atoms with E-state index < -0.39 is 11.9 Å². The number of nitrogens with zero attached hydrogens (tertiary/aromatic N) is 1. The minimum atomic E-state index is -0.657. The van der Waals surface area contributed by atoms with Crippen LogP contribution >= 0.6 is 0 Å². The fourth-order valence-corrected chi connectivity index (χ4v) is 3.36. The maximum absolute atomic E-state index is 12.7. The first-order chi connectivity index (χ1) is 11.1. The van der Waals surface area contributed by atoms with E-state index in [-0.39, 0.29) is 31.4 Å². The Hall–Kier alpha value is -2.67. The number of imide groups is 1. The molecule has 0 radical (unpaired) electrons. The number of rotatable bonds is 2. The van der Waals surface area contributed by atoms with Crippen molar-refractivity contribution < 1.29 is 23.9 Å². The van der Waals surface area contributed by atoms with Gasteiger partial charge in [0.25, 0.3) is 5.91 Å². The third-order valence-corrected chi connectivity index (χ3v) is 4.51. The molecular formula is C16H14N2O5. The van der Waals surface area contributed by atoms with Gasteiger partial charge in [0.05, 0.1) is 19.4 Å². The van der Waals surface area contributed by atoms with Gasteiger partial charge in [-0.1, -0.05) is 0 Å². The van der Waals surface area contributed by atoms with Gasteiger partial charge in [-0.2, -0.15) is 0 Å². The molecule has 1 aromatic heterocycles. The lowest BCUT2D eigenvalue weighted by Gasteiger charge is -2.29. The maximum atomic E-state index is 12.7. The Balaban J connectivity index is 1.76. The van der Waals surface area contributed by atoms with Gasteiger partial charge in [-0.15, -0.1) is 0 Å². The monoisotopic (exact) mass is 314 g/mol. The highest BCUT2D eigenvalue weighted by Gasteiger charge is 2.40. The number of aliphatic hydroxyl groups is 1.